The fraction of sp³-hybridized carbons (Fsp3) is 0.308. The molecule has 3 aliphatic rings. The van der Waals surface area contributed by atoms with Crippen molar-refractivity contribution in [3.05, 3.63) is 74.3 Å². The van der Waals surface area contributed by atoms with Crippen molar-refractivity contribution in [3.8, 4) is 0 Å². The molecule has 14 heteroatoms. The van der Waals surface area contributed by atoms with Crippen molar-refractivity contribution in [3.63, 3.8) is 0 Å². The van der Waals surface area contributed by atoms with Crippen LogP contribution in [0.1, 0.15) is 30.6 Å². The molecule has 0 saturated carbocycles. The predicted octanol–water partition coefficient (Wildman–Crippen LogP) is 4.63. The molecule has 1 N–H and O–H groups in total. The van der Waals surface area contributed by atoms with Gasteiger partial charge in [0.25, 0.3) is 11.6 Å². The lowest BCUT2D eigenvalue weighted by molar-refractivity contribution is -0.384. The van der Waals surface area contributed by atoms with Crippen LogP contribution in [0.3, 0.4) is 0 Å². The summed E-state index contributed by atoms with van der Waals surface area (Å²) in [4.78, 5) is 55.1. The van der Waals surface area contributed by atoms with Crippen LogP contribution in [-0.2, 0) is 32.1 Å². The molecular formula is C26H21BrN4O7S2. The maximum absolute atomic E-state index is 13.7. The van der Waals surface area contributed by atoms with Crippen molar-refractivity contribution in [2.75, 3.05) is 5.75 Å². The van der Waals surface area contributed by atoms with E-state index in [0.717, 1.165) is 34.9 Å². The number of aliphatic carboxylic acids is 1. The molecule has 3 aliphatic heterocycles. The molecule has 206 valence electrons. The third-order valence-electron chi connectivity index (χ3n) is 7.08. The number of fused-ring (bicyclic) bond motifs is 4. The Labute approximate surface area is 244 Å². The lowest BCUT2D eigenvalue weighted by atomic mass is 9.86. The molecule has 1 saturated heterocycles. The lowest BCUT2D eigenvalue weighted by Crippen LogP contribution is -2.70. The van der Waals surface area contributed by atoms with E-state index in [0.29, 0.717) is 16.0 Å². The van der Waals surface area contributed by atoms with Crippen molar-refractivity contribution in [1.29, 1.82) is 0 Å². The van der Waals surface area contributed by atoms with E-state index >= 15 is 0 Å². The average Bonchev–Trinajstić information content (AvgIpc) is 3.48. The number of β-lactam (4-membered cyclic amide) rings is 1. The van der Waals surface area contributed by atoms with E-state index in [1.807, 2.05) is 12.1 Å². The Morgan fingerprint density at radius 2 is 2.05 bits per heavy atom. The monoisotopic (exact) mass is 644 g/mol. The van der Waals surface area contributed by atoms with Crippen molar-refractivity contribution in [2.24, 2.45) is 0 Å². The van der Waals surface area contributed by atoms with Gasteiger partial charge in [0.1, 0.15) is 11.1 Å². The molecule has 0 bridgehead atoms. The summed E-state index contributed by atoms with van der Waals surface area (Å²) in [7, 11) is 0. The molecule has 1 fully saturated rings. The van der Waals surface area contributed by atoms with Crippen LogP contribution in [0, 0.1) is 10.1 Å². The van der Waals surface area contributed by atoms with Gasteiger partial charge in [0.15, 0.2) is 15.6 Å². The number of thioether (sulfide) groups is 2. The van der Waals surface area contributed by atoms with Crippen LogP contribution in [0.25, 0.3) is 11.0 Å². The van der Waals surface area contributed by atoms with Crippen LogP contribution >= 0.6 is 39.5 Å². The Kier molecular flexibility index (Phi) is 6.66. The number of halogens is 1. The summed E-state index contributed by atoms with van der Waals surface area (Å²) in [6.07, 6.45) is 0.125. The van der Waals surface area contributed by atoms with E-state index in [-0.39, 0.29) is 17.8 Å². The first-order valence-electron chi connectivity index (χ1n) is 12.3. The number of hydrogen-bond acceptors (Lipinski definition) is 9. The SMILES string of the molecule is CC(=O)OC(c1ccc2nc3n(c2c1)CCCS3)C1(Br)C(=O)N2C(C(=O)O)=C(Cc3ccc([N+](=O)[O-])cc3)S[C@@H]21. The number of aromatic nitrogens is 2. The highest BCUT2D eigenvalue weighted by Crippen LogP contribution is 2.60. The summed E-state index contributed by atoms with van der Waals surface area (Å²) in [5.41, 5.74) is 2.70. The van der Waals surface area contributed by atoms with Crippen LogP contribution in [0.4, 0.5) is 5.69 Å². The summed E-state index contributed by atoms with van der Waals surface area (Å²) >= 11 is 6.49. The third kappa shape index (κ3) is 4.20. The Morgan fingerprint density at radius 1 is 1.30 bits per heavy atom. The van der Waals surface area contributed by atoms with E-state index in [4.69, 9.17) is 9.72 Å². The smallest absolute Gasteiger partial charge is 0.353 e. The molecule has 0 spiro atoms. The quantitative estimate of drug-likeness (QED) is 0.127. The standard InChI is InChI=1S/C26H21BrN4O7S2/c1-13(32)38-21(15-5-8-17-18(12-15)29-9-2-10-39-25(29)28-17)26(27)23(35)30-20(22(33)34)19(40-24(26)30)11-14-3-6-16(7-4-14)31(36)37/h3-8,12,21,24H,2,9-11H2,1H3,(H,33,34)/t21?,24-,26?/m1/s1. The summed E-state index contributed by atoms with van der Waals surface area (Å²) < 4.78 is 6.46. The first-order valence-corrected chi connectivity index (χ1v) is 14.9. The zero-order chi connectivity index (χ0) is 28.3. The number of alkyl halides is 1. The number of carbonyl (C=O) groups is 3. The number of allylic oxidation sites excluding steroid dienone is 1. The van der Waals surface area contributed by atoms with E-state index in [2.05, 4.69) is 20.5 Å². The van der Waals surface area contributed by atoms with Gasteiger partial charge in [0.2, 0.25) is 0 Å². The number of carboxylic acids is 1. The van der Waals surface area contributed by atoms with Crippen molar-refractivity contribution in [2.45, 2.75) is 47.3 Å². The first kappa shape index (κ1) is 26.8. The molecule has 3 aromatic rings. The summed E-state index contributed by atoms with van der Waals surface area (Å²) in [5, 5.41) is 21.3. The number of carbonyl (C=O) groups excluding carboxylic acids is 2. The van der Waals surface area contributed by atoms with Crippen LogP contribution in [0.5, 0.6) is 0 Å². The molecule has 2 aromatic carbocycles. The number of nitro groups is 1. The van der Waals surface area contributed by atoms with E-state index < -0.39 is 38.6 Å². The van der Waals surface area contributed by atoms with Gasteiger partial charge in [-0.2, -0.15) is 0 Å². The predicted molar refractivity (Wildman–Crippen MR) is 151 cm³/mol. The number of imidazole rings is 1. The van der Waals surface area contributed by atoms with Gasteiger partial charge in [-0.05, 0) is 29.7 Å². The molecule has 2 unspecified atom stereocenters. The van der Waals surface area contributed by atoms with Gasteiger partial charge in [-0.1, -0.05) is 45.9 Å². The van der Waals surface area contributed by atoms with Gasteiger partial charge < -0.3 is 14.4 Å². The molecule has 1 aromatic heterocycles. The van der Waals surface area contributed by atoms with Crippen LogP contribution in [0.15, 0.2) is 58.2 Å². The highest BCUT2D eigenvalue weighted by molar-refractivity contribution is 9.10. The van der Waals surface area contributed by atoms with Gasteiger partial charge in [-0.15, -0.1) is 11.8 Å². The summed E-state index contributed by atoms with van der Waals surface area (Å²) in [5.74, 6) is -1.38. The molecule has 6 rings (SSSR count). The maximum atomic E-state index is 13.7. The van der Waals surface area contributed by atoms with Crippen LogP contribution < -0.4 is 0 Å². The fourth-order valence-corrected chi connectivity index (χ4v) is 8.78. The number of rotatable bonds is 7. The number of carboxylic acid groups (broad SMARTS) is 1. The molecule has 1 amide bonds. The van der Waals surface area contributed by atoms with E-state index in [9.17, 15) is 29.6 Å². The first-order chi connectivity index (χ1) is 19.1. The molecule has 11 nitrogen and oxygen atoms in total. The number of nitro benzene ring substituents is 1. The number of hydrogen-bond donors (Lipinski definition) is 1. The van der Waals surface area contributed by atoms with Gasteiger partial charge in [0, 0.05) is 42.7 Å². The molecule has 0 radical (unpaired) electrons. The number of benzene rings is 2. The van der Waals surface area contributed by atoms with E-state index in [1.54, 1.807) is 30.0 Å². The zero-order valence-electron chi connectivity index (χ0n) is 20.9. The Morgan fingerprint density at radius 3 is 2.73 bits per heavy atom. The summed E-state index contributed by atoms with van der Waals surface area (Å²) in [6.45, 7) is 2.08. The van der Waals surface area contributed by atoms with E-state index in [1.165, 1.54) is 35.7 Å². The second-order valence-electron chi connectivity index (χ2n) is 9.58. The number of aryl methyl sites for hydroxylation is 1. The Hall–Kier alpha value is -3.36. The number of esters is 1. The number of ether oxygens (including phenoxy) is 1. The molecule has 3 atom stereocenters. The topological polar surface area (TPSA) is 145 Å². The molecular weight excluding hydrogens is 624 g/mol. The minimum absolute atomic E-state index is 0.0760. The van der Waals surface area contributed by atoms with Gasteiger partial charge >= 0.3 is 11.9 Å². The minimum Gasteiger partial charge on any atom is -0.477 e. The second-order valence-corrected chi connectivity index (χ2v) is 13.1. The normalized spacial score (nSPS) is 22.5. The van der Waals surface area contributed by atoms with Gasteiger partial charge in [-0.25, -0.2) is 9.78 Å². The number of nitrogens with zero attached hydrogens (tertiary/aromatic N) is 4. The highest BCUT2D eigenvalue weighted by atomic mass is 79.9. The lowest BCUT2D eigenvalue weighted by Gasteiger charge is -2.51. The Balaban J connectivity index is 1.35. The van der Waals surface area contributed by atoms with Gasteiger partial charge in [0.05, 0.1) is 16.0 Å². The van der Waals surface area contributed by atoms with Crippen molar-refractivity contribution < 1.29 is 29.2 Å². The van der Waals surface area contributed by atoms with Gasteiger partial charge in [-0.3, -0.25) is 24.6 Å². The zero-order valence-corrected chi connectivity index (χ0v) is 24.1. The summed E-state index contributed by atoms with van der Waals surface area (Å²) in [6, 6.07) is 11.3. The van der Waals surface area contributed by atoms with Crippen LogP contribution in [-0.4, -0.2) is 57.8 Å². The average molecular weight is 646 g/mol. The highest BCUT2D eigenvalue weighted by Gasteiger charge is 2.70. The van der Waals surface area contributed by atoms with Crippen molar-refractivity contribution >= 4 is 74.0 Å². The van der Waals surface area contributed by atoms with Crippen LogP contribution in [0.2, 0.25) is 0 Å². The molecule has 4 heterocycles. The largest absolute Gasteiger partial charge is 0.477 e. The number of non-ortho nitro benzene ring substituents is 1. The third-order valence-corrected chi connectivity index (χ3v) is 11.1. The fourth-order valence-electron chi connectivity index (χ4n) is 5.27. The second kappa shape index (κ2) is 9.93. The Bertz CT molecular complexity index is 1640. The minimum atomic E-state index is -1.42. The molecule has 0 aliphatic carbocycles. The van der Waals surface area contributed by atoms with Crippen molar-refractivity contribution in [1.82, 2.24) is 14.5 Å². The maximum Gasteiger partial charge on any atom is 0.353 e. The molecule has 40 heavy (non-hydrogen) atoms. The number of amides is 1.